The fourth-order valence-corrected chi connectivity index (χ4v) is 0.983. The molecule has 1 amide bonds. The lowest BCUT2D eigenvalue weighted by Gasteiger charge is -2.13. The molecule has 82 valence electrons. The van der Waals surface area contributed by atoms with Gasteiger partial charge in [0.25, 0.3) is 0 Å². The monoisotopic (exact) mass is 210 g/mol. The van der Waals surface area contributed by atoms with Crippen molar-refractivity contribution in [3.8, 4) is 5.88 Å². The Kier molecular flexibility index (Phi) is 3.08. The molecule has 0 saturated heterocycles. The first kappa shape index (κ1) is 11.2. The van der Waals surface area contributed by atoms with Crippen LogP contribution in [-0.4, -0.2) is 30.2 Å². The predicted octanol–water partition coefficient (Wildman–Crippen LogP) is 0.617. The van der Waals surface area contributed by atoms with E-state index >= 15 is 0 Å². The highest BCUT2D eigenvalue weighted by molar-refractivity contribution is 5.68. The topological polar surface area (TPSA) is 81.3 Å². The lowest BCUT2D eigenvalue weighted by atomic mass is 10.2. The third-order valence-corrected chi connectivity index (χ3v) is 1.93. The fourth-order valence-electron chi connectivity index (χ4n) is 0.983. The van der Waals surface area contributed by atoms with Crippen molar-refractivity contribution in [3.63, 3.8) is 0 Å². The van der Waals surface area contributed by atoms with E-state index in [9.17, 15) is 4.79 Å². The quantitative estimate of drug-likeness (QED) is 0.773. The van der Waals surface area contributed by atoms with Gasteiger partial charge < -0.3 is 15.4 Å². The summed E-state index contributed by atoms with van der Waals surface area (Å²) in [4.78, 5) is 20.6. The Morgan fingerprint density at radius 1 is 1.33 bits per heavy atom. The van der Waals surface area contributed by atoms with Gasteiger partial charge in [-0.2, -0.15) is 4.98 Å². The number of anilines is 1. The lowest BCUT2D eigenvalue weighted by molar-refractivity contribution is 0.208. The minimum atomic E-state index is -0.874. The molecule has 0 fully saturated rings. The van der Waals surface area contributed by atoms with Crippen molar-refractivity contribution in [2.24, 2.45) is 5.73 Å². The Balaban J connectivity index is 3.18. The molecule has 2 N–H and O–H groups in total. The maximum absolute atomic E-state index is 10.6. The van der Waals surface area contributed by atoms with Gasteiger partial charge in [0, 0.05) is 25.4 Å². The normalized spacial score (nSPS) is 9.87. The number of carbonyl (C=O) groups excluding carboxylic acids is 1. The van der Waals surface area contributed by atoms with Crippen LogP contribution >= 0.6 is 0 Å². The number of nitrogens with two attached hydrogens (primary N) is 1. The van der Waals surface area contributed by atoms with Gasteiger partial charge in [0.2, 0.25) is 11.8 Å². The van der Waals surface area contributed by atoms with E-state index in [-0.39, 0.29) is 5.88 Å². The minimum absolute atomic E-state index is 0.207. The van der Waals surface area contributed by atoms with E-state index in [0.717, 1.165) is 5.69 Å². The molecule has 1 aromatic heterocycles. The van der Waals surface area contributed by atoms with Gasteiger partial charge in [0.15, 0.2) is 0 Å². The van der Waals surface area contributed by atoms with Crippen LogP contribution in [0.25, 0.3) is 0 Å². The highest BCUT2D eigenvalue weighted by atomic mass is 16.6. The lowest BCUT2D eigenvalue weighted by Crippen LogP contribution is -2.20. The Morgan fingerprint density at radius 2 is 1.93 bits per heavy atom. The molecule has 0 spiro atoms. The number of hydrogen-bond acceptors (Lipinski definition) is 5. The average Bonchev–Trinajstić information content (AvgIpc) is 2.11. The molecule has 0 saturated carbocycles. The second kappa shape index (κ2) is 4.12. The number of ether oxygens (including phenoxy) is 1. The van der Waals surface area contributed by atoms with Crippen molar-refractivity contribution in [3.05, 3.63) is 11.3 Å². The van der Waals surface area contributed by atoms with Gasteiger partial charge in [-0.1, -0.05) is 0 Å². The van der Waals surface area contributed by atoms with Crippen LogP contribution in [0.3, 0.4) is 0 Å². The Bertz CT molecular complexity index is 390. The third-order valence-electron chi connectivity index (χ3n) is 1.93. The van der Waals surface area contributed by atoms with Gasteiger partial charge in [-0.15, -0.1) is 0 Å². The van der Waals surface area contributed by atoms with Crippen LogP contribution in [0.15, 0.2) is 0 Å². The van der Waals surface area contributed by atoms with E-state index in [1.807, 2.05) is 6.92 Å². The fraction of sp³-hybridized carbons (Fsp3) is 0.444. The van der Waals surface area contributed by atoms with Crippen molar-refractivity contribution in [2.75, 3.05) is 19.0 Å². The molecular formula is C9H14N4O2. The SMILES string of the molecule is Cc1nc(N(C)C)nc(OC(N)=O)c1C. The summed E-state index contributed by atoms with van der Waals surface area (Å²) in [5, 5.41) is 0. The molecular weight excluding hydrogens is 196 g/mol. The summed E-state index contributed by atoms with van der Waals surface area (Å²) < 4.78 is 4.78. The second-order valence-corrected chi connectivity index (χ2v) is 3.35. The largest absolute Gasteiger partial charge is 0.411 e. The van der Waals surface area contributed by atoms with Crippen LogP contribution in [0.2, 0.25) is 0 Å². The van der Waals surface area contributed by atoms with Crippen LogP contribution in [0.4, 0.5) is 10.7 Å². The maximum atomic E-state index is 10.6. The molecule has 1 rings (SSSR count). The van der Waals surface area contributed by atoms with Crippen LogP contribution in [-0.2, 0) is 0 Å². The van der Waals surface area contributed by atoms with Crippen molar-refractivity contribution in [1.82, 2.24) is 9.97 Å². The third kappa shape index (κ3) is 2.55. The van der Waals surface area contributed by atoms with Gasteiger partial charge in [-0.05, 0) is 13.8 Å². The predicted molar refractivity (Wildman–Crippen MR) is 56.0 cm³/mol. The van der Waals surface area contributed by atoms with Gasteiger partial charge >= 0.3 is 6.09 Å². The number of primary amides is 1. The van der Waals surface area contributed by atoms with E-state index in [2.05, 4.69) is 9.97 Å². The molecule has 6 nitrogen and oxygen atoms in total. The van der Waals surface area contributed by atoms with Crippen molar-refractivity contribution in [2.45, 2.75) is 13.8 Å². The van der Waals surface area contributed by atoms with Gasteiger partial charge in [0.1, 0.15) is 0 Å². The van der Waals surface area contributed by atoms with Gasteiger partial charge in [0.05, 0.1) is 0 Å². The molecule has 0 atom stereocenters. The second-order valence-electron chi connectivity index (χ2n) is 3.35. The highest BCUT2D eigenvalue weighted by Crippen LogP contribution is 2.20. The summed E-state index contributed by atoms with van der Waals surface area (Å²) in [6.45, 7) is 3.59. The molecule has 0 aliphatic rings. The summed E-state index contributed by atoms with van der Waals surface area (Å²) in [6.07, 6.45) is -0.874. The zero-order chi connectivity index (χ0) is 11.6. The minimum Gasteiger partial charge on any atom is -0.391 e. The van der Waals surface area contributed by atoms with Crippen LogP contribution in [0.5, 0.6) is 5.88 Å². The molecule has 0 aromatic carbocycles. The molecule has 0 radical (unpaired) electrons. The molecule has 1 heterocycles. The standard InChI is InChI=1S/C9H14N4O2/c1-5-6(2)11-9(13(3)4)12-7(5)15-8(10)14/h1-4H3,(H2,10,14). The number of carbonyl (C=O) groups is 1. The van der Waals surface area contributed by atoms with E-state index in [4.69, 9.17) is 10.5 Å². The zero-order valence-electron chi connectivity index (χ0n) is 9.24. The summed E-state index contributed by atoms with van der Waals surface area (Å²) >= 11 is 0. The molecule has 1 aromatic rings. The van der Waals surface area contributed by atoms with Gasteiger partial charge in [-0.3, -0.25) is 0 Å². The van der Waals surface area contributed by atoms with E-state index in [1.165, 1.54) is 0 Å². The zero-order valence-corrected chi connectivity index (χ0v) is 9.24. The number of nitrogens with zero attached hydrogens (tertiary/aromatic N) is 3. The molecule has 0 bridgehead atoms. The summed E-state index contributed by atoms with van der Waals surface area (Å²) in [5.41, 5.74) is 6.40. The summed E-state index contributed by atoms with van der Waals surface area (Å²) in [6, 6.07) is 0. The summed E-state index contributed by atoms with van der Waals surface area (Å²) in [5.74, 6) is 0.688. The number of rotatable bonds is 2. The van der Waals surface area contributed by atoms with Crippen molar-refractivity contribution in [1.29, 1.82) is 0 Å². The highest BCUT2D eigenvalue weighted by Gasteiger charge is 2.12. The number of hydrogen-bond donors (Lipinski definition) is 1. The number of amides is 1. The van der Waals surface area contributed by atoms with E-state index in [0.29, 0.717) is 11.5 Å². The average molecular weight is 210 g/mol. The van der Waals surface area contributed by atoms with E-state index < -0.39 is 6.09 Å². The molecule has 6 heteroatoms. The van der Waals surface area contributed by atoms with Crippen molar-refractivity contribution >= 4 is 12.0 Å². The molecule has 15 heavy (non-hydrogen) atoms. The van der Waals surface area contributed by atoms with Gasteiger partial charge in [-0.25, -0.2) is 9.78 Å². The Morgan fingerprint density at radius 3 is 2.40 bits per heavy atom. The first-order chi connectivity index (χ1) is 6.91. The Hall–Kier alpha value is -1.85. The van der Waals surface area contributed by atoms with Crippen LogP contribution < -0.4 is 15.4 Å². The van der Waals surface area contributed by atoms with Crippen molar-refractivity contribution < 1.29 is 9.53 Å². The molecule has 0 unspecified atom stereocenters. The maximum Gasteiger partial charge on any atom is 0.411 e. The first-order valence-corrected chi connectivity index (χ1v) is 4.41. The van der Waals surface area contributed by atoms with Crippen LogP contribution in [0.1, 0.15) is 11.3 Å². The van der Waals surface area contributed by atoms with E-state index in [1.54, 1.807) is 25.9 Å². The summed E-state index contributed by atoms with van der Waals surface area (Å²) in [7, 11) is 3.61. The number of aryl methyl sites for hydroxylation is 1. The number of aromatic nitrogens is 2. The van der Waals surface area contributed by atoms with Crippen LogP contribution in [0, 0.1) is 13.8 Å². The smallest absolute Gasteiger partial charge is 0.391 e. The molecule has 0 aliphatic heterocycles. The Labute approximate surface area is 88.1 Å². The molecule has 0 aliphatic carbocycles. The first-order valence-electron chi connectivity index (χ1n) is 4.41.